The summed E-state index contributed by atoms with van der Waals surface area (Å²) in [7, 11) is 0. The first-order valence-corrected chi connectivity index (χ1v) is 8.19. The number of carbonyl (C=O) groups is 2. The highest BCUT2D eigenvalue weighted by atomic mass is 16.2. The Hall–Kier alpha value is -2.69. The van der Waals surface area contributed by atoms with E-state index in [4.69, 9.17) is 0 Å². The fourth-order valence-corrected chi connectivity index (χ4v) is 2.81. The Morgan fingerprint density at radius 1 is 1.25 bits per heavy atom. The number of pyridine rings is 1. The number of amides is 2. The molecule has 2 aromatic rings. The molecule has 3 rings (SSSR count). The van der Waals surface area contributed by atoms with Gasteiger partial charge in [0.1, 0.15) is 5.82 Å². The molecule has 5 nitrogen and oxygen atoms in total. The van der Waals surface area contributed by atoms with Crippen LogP contribution in [0.25, 0.3) is 0 Å². The van der Waals surface area contributed by atoms with Gasteiger partial charge in [0, 0.05) is 24.8 Å². The second-order valence-corrected chi connectivity index (χ2v) is 6.14. The molecule has 24 heavy (non-hydrogen) atoms. The van der Waals surface area contributed by atoms with E-state index in [0.29, 0.717) is 12.4 Å². The highest BCUT2D eigenvalue weighted by Gasteiger charge is 2.35. The van der Waals surface area contributed by atoms with Gasteiger partial charge in [-0.15, -0.1) is 0 Å². The van der Waals surface area contributed by atoms with Gasteiger partial charge in [0.05, 0.1) is 5.92 Å². The van der Waals surface area contributed by atoms with Crippen molar-refractivity contribution in [3.05, 3.63) is 53.7 Å². The number of nitrogens with one attached hydrogen (secondary N) is 1. The second-order valence-electron chi connectivity index (χ2n) is 6.14. The van der Waals surface area contributed by atoms with E-state index in [0.717, 1.165) is 17.7 Å². The maximum Gasteiger partial charge on any atom is 0.230 e. The summed E-state index contributed by atoms with van der Waals surface area (Å²) in [5.41, 5.74) is 3.11. The summed E-state index contributed by atoms with van der Waals surface area (Å²) in [5, 5.41) is 2.79. The van der Waals surface area contributed by atoms with E-state index in [-0.39, 0.29) is 24.2 Å². The Labute approximate surface area is 141 Å². The molecular formula is C19H21N3O2. The van der Waals surface area contributed by atoms with Crippen LogP contribution in [0.2, 0.25) is 0 Å². The monoisotopic (exact) mass is 323 g/mol. The summed E-state index contributed by atoms with van der Waals surface area (Å²) in [6.45, 7) is 4.44. The van der Waals surface area contributed by atoms with Gasteiger partial charge in [-0.1, -0.05) is 25.1 Å². The van der Waals surface area contributed by atoms with Gasteiger partial charge in [-0.25, -0.2) is 4.98 Å². The topological polar surface area (TPSA) is 62.3 Å². The molecule has 1 atom stereocenters. The summed E-state index contributed by atoms with van der Waals surface area (Å²) in [6.07, 6.45) is 2.90. The first kappa shape index (κ1) is 16.2. The van der Waals surface area contributed by atoms with Crippen LogP contribution in [0.5, 0.6) is 0 Å². The molecule has 1 unspecified atom stereocenters. The number of carbonyl (C=O) groups excluding carboxylic acids is 2. The number of rotatable bonds is 4. The van der Waals surface area contributed by atoms with Crippen molar-refractivity contribution >= 4 is 23.3 Å². The predicted molar refractivity (Wildman–Crippen MR) is 93.9 cm³/mol. The molecule has 1 aromatic carbocycles. The van der Waals surface area contributed by atoms with Gasteiger partial charge in [-0.05, 0) is 42.7 Å². The van der Waals surface area contributed by atoms with Gasteiger partial charge in [-0.2, -0.15) is 0 Å². The molecular weight excluding hydrogens is 302 g/mol. The van der Waals surface area contributed by atoms with E-state index in [1.54, 1.807) is 17.2 Å². The molecule has 0 bridgehead atoms. The number of nitrogens with zero attached hydrogens (tertiary/aromatic N) is 2. The van der Waals surface area contributed by atoms with Crippen molar-refractivity contribution in [1.29, 1.82) is 0 Å². The molecule has 1 fully saturated rings. The zero-order valence-corrected chi connectivity index (χ0v) is 14.0. The van der Waals surface area contributed by atoms with Crippen molar-refractivity contribution < 1.29 is 9.59 Å². The maximum atomic E-state index is 12.4. The van der Waals surface area contributed by atoms with Gasteiger partial charge in [0.25, 0.3) is 0 Å². The number of benzene rings is 1. The van der Waals surface area contributed by atoms with Crippen LogP contribution >= 0.6 is 0 Å². The third-order valence-corrected chi connectivity index (χ3v) is 4.31. The summed E-state index contributed by atoms with van der Waals surface area (Å²) in [6, 6.07) is 11.6. The van der Waals surface area contributed by atoms with Crippen LogP contribution in [-0.4, -0.2) is 23.3 Å². The van der Waals surface area contributed by atoms with Crippen molar-refractivity contribution in [2.75, 3.05) is 16.8 Å². The van der Waals surface area contributed by atoms with E-state index >= 15 is 0 Å². The van der Waals surface area contributed by atoms with Crippen LogP contribution in [0.3, 0.4) is 0 Å². The first-order valence-electron chi connectivity index (χ1n) is 8.19. The molecule has 0 radical (unpaired) electrons. The Kier molecular flexibility index (Phi) is 4.60. The van der Waals surface area contributed by atoms with Crippen LogP contribution < -0.4 is 10.2 Å². The van der Waals surface area contributed by atoms with Crippen LogP contribution in [0.4, 0.5) is 11.5 Å². The van der Waals surface area contributed by atoms with Crippen molar-refractivity contribution in [3.63, 3.8) is 0 Å². The highest BCUT2D eigenvalue weighted by molar-refractivity contribution is 6.03. The molecule has 1 aromatic heterocycles. The Morgan fingerprint density at radius 2 is 2.00 bits per heavy atom. The zero-order chi connectivity index (χ0) is 17.1. The standard InChI is InChI=1S/C19H21N3O2/c1-3-14-5-7-16(8-6-14)22-12-15(10-18(22)23)19(24)21-17-9-4-13(2)11-20-17/h4-9,11,15H,3,10,12H2,1-2H3,(H,20,21,24). The Bertz CT molecular complexity index is 738. The lowest BCUT2D eigenvalue weighted by atomic mass is 10.1. The van der Waals surface area contributed by atoms with Gasteiger partial charge in [0.15, 0.2) is 0 Å². The number of aryl methyl sites for hydroxylation is 2. The SMILES string of the molecule is CCc1ccc(N2CC(C(=O)Nc3ccc(C)cn3)CC2=O)cc1. The number of anilines is 2. The van der Waals surface area contributed by atoms with Crippen molar-refractivity contribution in [1.82, 2.24) is 4.98 Å². The van der Waals surface area contributed by atoms with Crippen LogP contribution in [0, 0.1) is 12.8 Å². The summed E-state index contributed by atoms with van der Waals surface area (Å²) in [4.78, 5) is 30.5. The fraction of sp³-hybridized carbons (Fsp3) is 0.316. The molecule has 0 aliphatic carbocycles. The minimum absolute atomic E-state index is 0.0173. The average Bonchev–Trinajstić information content (AvgIpc) is 2.99. The molecule has 0 saturated carbocycles. The molecule has 2 amide bonds. The van der Waals surface area contributed by atoms with Gasteiger partial charge in [-0.3, -0.25) is 9.59 Å². The van der Waals surface area contributed by atoms with Crippen LogP contribution in [0.1, 0.15) is 24.5 Å². The third-order valence-electron chi connectivity index (χ3n) is 4.31. The molecule has 5 heteroatoms. The summed E-state index contributed by atoms with van der Waals surface area (Å²) < 4.78 is 0. The maximum absolute atomic E-state index is 12.4. The molecule has 1 aliphatic heterocycles. The van der Waals surface area contributed by atoms with E-state index in [1.807, 2.05) is 37.3 Å². The minimum atomic E-state index is -0.355. The lowest BCUT2D eigenvalue weighted by Gasteiger charge is -2.17. The average molecular weight is 323 g/mol. The molecule has 1 saturated heterocycles. The molecule has 0 spiro atoms. The normalized spacial score (nSPS) is 17.2. The van der Waals surface area contributed by atoms with E-state index < -0.39 is 0 Å². The Morgan fingerprint density at radius 3 is 2.62 bits per heavy atom. The van der Waals surface area contributed by atoms with Gasteiger partial charge >= 0.3 is 0 Å². The van der Waals surface area contributed by atoms with Crippen molar-refractivity contribution in [2.45, 2.75) is 26.7 Å². The lowest BCUT2D eigenvalue weighted by Crippen LogP contribution is -2.28. The van der Waals surface area contributed by atoms with Gasteiger partial charge in [0.2, 0.25) is 11.8 Å². The highest BCUT2D eigenvalue weighted by Crippen LogP contribution is 2.26. The van der Waals surface area contributed by atoms with Crippen LogP contribution in [0.15, 0.2) is 42.6 Å². The van der Waals surface area contributed by atoms with E-state index in [1.165, 1.54) is 5.56 Å². The quantitative estimate of drug-likeness (QED) is 0.941. The fourth-order valence-electron chi connectivity index (χ4n) is 2.81. The zero-order valence-electron chi connectivity index (χ0n) is 14.0. The molecule has 2 heterocycles. The first-order chi connectivity index (χ1) is 11.6. The summed E-state index contributed by atoms with van der Waals surface area (Å²) in [5.74, 6) is -0.0149. The smallest absolute Gasteiger partial charge is 0.230 e. The summed E-state index contributed by atoms with van der Waals surface area (Å²) >= 11 is 0. The molecule has 124 valence electrons. The largest absolute Gasteiger partial charge is 0.312 e. The van der Waals surface area contributed by atoms with Crippen molar-refractivity contribution in [2.24, 2.45) is 5.92 Å². The minimum Gasteiger partial charge on any atom is -0.312 e. The number of hydrogen-bond donors (Lipinski definition) is 1. The van der Waals surface area contributed by atoms with Gasteiger partial charge < -0.3 is 10.2 Å². The van der Waals surface area contributed by atoms with Crippen molar-refractivity contribution in [3.8, 4) is 0 Å². The van der Waals surface area contributed by atoms with Crippen LogP contribution in [-0.2, 0) is 16.0 Å². The second kappa shape index (κ2) is 6.83. The molecule has 1 N–H and O–H groups in total. The number of hydrogen-bond acceptors (Lipinski definition) is 3. The third kappa shape index (κ3) is 3.45. The Balaban J connectivity index is 1.67. The molecule has 1 aliphatic rings. The van der Waals surface area contributed by atoms with E-state index in [2.05, 4.69) is 17.2 Å². The lowest BCUT2D eigenvalue weighted by molar-refractivity contribution is -0.122. The number of aromatic nitrogens is 1. The van der Waals surface area contributed by atoms with E-state index in [9.17, 15) is 9.59 Å². The predicted octanol–water partition coefficient (Wildman–Crippen LogP) is 2.94.